The summed E-state index contributed by atoms with van der Waals surface area (Å²) in [6.45, 7) is 0. The maximum absolute atomic E-state index is 12.3. The second-order valence-corrected chi connectivity index (χ2v) is 7.77. The number of fused-ring (bicyclic) bond motifs is 1. The Bertz CT molecular complexity index is 1020. The van der Waals surface area contributed by atoms with Crippen molar-refractivity contribution < 1.29 is 12.8 Å². The van der Waals surface area contributed by atoms with Gasteiger partial charge in [0.05, 0.1) is 25.3 Å². The van der Waals surface area contributed by atoms with E-state index in [0.29, 0.717) is 16.0 Å². The van der Waals surface area contributed by atoms with Gasteiger partial charge < -0.3 is 4.42 Å². The largest absolute Gasteiger partial charge is 0.414 e. The Morgan fingerprint density at radius 3 is 2.55 bits per heavy atom. The molecule has 0 fully saturated rings. The number of nitrogens with one attached hydrogen (secondary N) is 1. The maximum atomic E-state index is 12.3. The zero-order valence-electron chi connectivity index (χ0n) is 10.7. The van der Waals surface area contributed by atoms with Crippen LogP contribution in [0.1, 0.15) is 0 Å². The lowest BCUT2D eigenvalue weighted by Crippen LogP contribution is -2.12. The lowest BCUT2D eigenvalue weighted by molar-refractivity contribution is 0.585. The van der Waals surface area contributed by atoms with E-state index in [-0.39, 0.29) is 14.9 Å². The van der Waals surface area contributed by atoms with E-state index in [1.54, 1.807) is 0 Å². The molecule has 22 heavy (non-hydrogen) atoms. The van der Waals surface area contributed by atoms with Crippen molar-refractivity contribution >= 4 is 60.5 Å². The van der Waals surface area contributed by atoms with E-state index in [1.807, 2.05) is 0 Å². The molecule has 0 amide bonds. The zero-order chi connectivity index (χ0) is 15.9. The molecule has 0 aliphatic heterocycles. The summed E-state index contributed by atoms with van der Waals surface area (Å²) in [7, 11) is -3.81. The average molecular weight is 376 g/mol. The van der Waals surface area contributed by atoms with Gasteiger partial charge in [-0.1, -0.05) is 34.5 Å². The molecule has 0 atom stereocenters. The monoisotopic (exact) mass is 375 g/mol. The highest BCUT2D eigenvalue weighted by Gasteiger charge is 2.16. The molecule has 0 saturated heterocycles. The summed E-state index contributed by atoms with van der Waals surface area (Å²) in [6.07, 6.45) is 0. The van der Waals surface area contributed by atoms with Gasteiger partial charge in [-0.3, -0.25) is 4.72 Å². The van der Waals surface area contributed by atoms with E-state index >= 15 is 0 Å². The van der Waals surface area contributed by atoms with Crippen molar-refractivity contribution in [3.05, 3.63) is 56.2 Å². The number of halogens is 2. The Labute approximate surface area is 139 Å². The van der Waals surface area contributed by atoms with Crippen molar-refractivity contribution in [2.75, 3.05) is 4.72 Å². The van der Waals surface area contributed by atoms with Crippen molar-refractivity contribution in [1.29, 1.82) is 0 Å². The lowest BCUT2D eigenvalue weighted by Gasteiger charge is -2.08. The standard InChI is InChI=1S/C13H7Cl2NO4S2/c14-9-3-2-8(6-10(9)15)22(18,19)16-7-1-4-11-12(5-7)21-13(17)20-11/h1-6,16H. The summed E-state index contributed by atoms with van der Waals surface area (Å²) < 4.78 is 32.5. The van der Waals surface area contributed by atoms with Crippen molar-refractivity contribution in [2.24, 2.45) is 0 Å². The van der Waals surface area contributed by atoms with Crippen LogP contribution < -0.4 is 9.66 Å². The molecule has 0 saturated carbocycles. The minimum atomic E-state index is -3.81. The Morgan fingerprint density at radius 2 is 1.82 bits per heavy atom. The summed E-state index contributed by atoms with van der Waals surface area (Å²) >= 11 is 12.5. The summed E-state index contributed by atoms with van der Waals surface area (Å²) in [4.78, 5) is 10.7. The number of benzene rings is 2. The predicted molar refractivity (Wildman–Crippen MR) is 87.6 cm³/mol. The van der Waals surface area contributed by atoms with Gasteiger partial charge in [0.25, 0.3) is 10.0 Å². The highest BCUT2D eigenvalue weighted by molar-refractivity contribution is 7.92. The van der Waals surface area contributed by atoms with Crippen LogP contribution >= 0.6 is 34.5 Å². The summed E-state index contributed by atoms with van der Waals surface area (Å²) in [5.41, 5.74) is 0.725. The van der Waals surface area contributed by atoms with E-state index in [4.69, 9.17) is 27.6 Å². The summed E-state index contributed by atoms with van der Waals surface area (Å²) in [5.74, 6) is 0. The van der Waals surface area contributed by atoms with E-state index in [2.05, 4.69) is 4.72 Å². The highest BCUT2D eigenvalue weighted by atomic mass is 35.5. The van der Waals surface area contributed by atoms with Gasteiger partial charge in [0.1, 0.15) is 5.58 Å². The number of rotatable bonds is 3. The fourth-order valence-corrected chi connectivity index (χ4v) is 3.94. The molecular formula is C13H7Cl2NO4S2. The first-order valence-electron chi connectivity index (χ1n) is 5.87. The van der Waals surface area contributed by atoms with Crippen molar-refractivity contribution in [1.82, 2.24) is 0 Å². The van der Waals surface area contributed by atoms with Crippen LogP contribution in [0.4, 0.5) is 5.69 Å². The first-order chi connectivity index (χ1) is 10.3. The molecule has 0 unspecified atom stereocenters. The van der Waals surface area contributed by atoms with Crippen LogP contribution in [-0.2, 0) is 10.0 Å². The zero-order valence-corrected chi connectivity index (χ0v) is 13.8. The van der Waals surface area contributed by atoms with Crippen LogP contribution in [0.5, 0.6) is 0 Å². The lowest BCUT2D eigenvalue weighted by atomic mass is 10.3. The molecule has 0 spiro atoms. The molecule has 3 rings (SSSR count). The molecule has 1 heterocycles. The van der Waals surface area contributed by atoms with Crippen molar-refractivity contribution in [2.45, 2.75) is 4.90 Å². The molecule has 2 aromatic carbocycles. The first kappa shape index (κ1) is 15.4. The third-order valence-corrected chi connectivity index (χ3v) is 5.69. The van der Waals surface area contributed by atoms with Gasteiger partial charge in [0, 0.05) is 0 Å². The van der Waals surface area contributed by atoms with Crippen LogP contribution in [0.15, 0.2) is 50.5 Å². The Balaban J connectivity index is 1.98. The van der Waals surface area contributed by atoms with Gasteiger partial charge in [-0.25, -0.2) is 13.2 Å². The smallest absolute Gasteiger partial charge is 0.396 e. The van der Waals surface area contributed by atoms with E-state index in [9.17, 15) is 13.2 Å². The Kier molecular flexibility index (Phi) is 3.90. The second-order valence-electron chi connectivity index (χ2n) is 4.30. The molecule has 3 aromatic rings. The highest BCUT2D eigenvalue weighted by Crippen LogP contribution is 2.27. The van der Waals surface area contributed by atoms with E-state index in [1.165, 1.54) is 36.4 Å². The van der Waals surface area contributed by atoms with Crippen LogP contribution in [0.2, 0.25) is 10.0 Å². The third kappa shape index (κ3) is 2.98. The van der Waals surface area contributed by atoms with Gasteiger partial charge >= 0.3 is 4.94 Å². The number of sulfonamides is 1. The second kappa shape index (κ2) is 5.58. The Morgan fingerprint density at radius 1 is 1.05 bits per heavy atom. The summed E-state index contributed by atoms with van der Waals surface area (Å²) in [5, 5.41) is 0.415. The fraction of sp³-hybridized carbons (Fsp3) is 0. The topological polar surface area (TPSA) is 76.4 Å². The molecule has 5 nitrogen and oxygen atoms in total. The van der Waals surface area contributed by atoms with Crippen LogP contribution in [0, 0.1) is 0 Å². The number of anilines is 1. The van der Waals surface area contributed by atoms with Crippen LogP contribution in [0.3, 0.4) is 0 Å². The van der Waals surface area contributed by atoms with Gasteiger partial charge in [0.15, 0.2) is 0 Å². The van der Waals surface area contributed by atoms with Gasteiger partial charge in [-0.2, -0.15) is 0 Å². The fourth-order valence-electron chi connectivity index (χ4n) is 1.79. The van der Waals surface area contributed by atoms with Gasteiger partial charge in [-0.15, -0.1) is 0 Å². The maximum Gasteiger partial charge on any atom is 0.396 e. The van der Waals surface area contributed by atoms with Gasteiger partial charge in [-0.05, 0) is 36.4 Å². The van der Waals surface area contributed by atoms with E-state index < -0.39 is 15.0 Å². The van der Waals surface area contributed by atoms with Crippen LogP contribution in [-0.4, -0.2) is 8.42 Å². The van der Waals surface area contributed by atoms with Crippen molar-refractivity contribution in [3.8, 4) is 0 Å². The quantitative estimate of drug-likeness (QED) is 0.751. The molecule has 9 heteroatoms. The molecular weight excluding hydrogens is 369 g/mol. The normalized spacial score (nSPS) is 11.7. The number of hydrogen-bond acceptors (Lipinski definition) is 5. The summed E-state index contributed by atoms with van der Waals surface area (Å²) in [6, 6.07) is 8.59. The molecule has 0 radical (unpaired) electrons. The third-order valence-electron chi connectivity index (χ3n) is 2.78. The van der Waals surface area contributed by atoms with E-state index in [0.717, 1.165) is 11.3 Å². The minimum Gasteiger partial charge on any atom is -0.414 e. The predicted octanol–water partition coefficient (Wildman–Crippen LogP) is 3.96. The molecule has 1 N–H and O–H groups in total. The minimum absolute atomic E-state index is 0.0117. The number of hydrogen-bond donors (Lipinski definition) is 1. The SMILES string of the molecule is O=c1oc2ccc(NS(=O)(=O)c3ccc(Cl)c(Cl)c3)cc2s1. The van der Waals surface area contributed by atoms with Crippen molar-refractivity contribution in [3.63, 3.8) is 0 Å². The van der Waals surface area contributed by atoms with Crippen LogP contribution in [0.25, 0.3) is 10.3 Å². The molecule has 114 valence electrons. The molecule has 0 aliphatic rings. The van der Waals surface area contributed by atoms with Gasteiger partial charge in [0.2, 0.25) is 0 Å². The Hall–Kier alpha value is -1.54. The molecule has 0 aliphatic carbocycles. The molecule has 0 bridgehead atoms. The molecule has 1 aromatic heterocycles. The average Bonchev–Trinajstić information content (AvgIpc) is 2.80. The first-order valence-corrected chi connectivity index (χ1v) is 8.92.